The highest BCUT2D eigenvalue weighted by atomic mass is 32.2. The first-order valence-corrected chi connectivity index (χ1v) is 5.25. The first kappa shape index (κ1) is 10.5. The average Bonchev–Trinajstić information content (AvgIpc) is 2.03. The van der Waals surface area contributed by atoms with Gasteiger partial charge in [-0.3, -0.25) is 0 Å². The Labute approximate surface area is 83.4 Å². The molecule has 0 atom stereocenters. The Kier molecular flexibility index (Phi) is 3.75. The number of nitrogens with zero attached hydrogens (tertiary/aromatic N) is 1. The van der Waals surface area contributed by atoms with Crippen molar-refractivity contribution in [2.24, 2.45) is 0 Å². The number of pyridine rings is 1. The van der Waals surface area contributed by atoms with Gasteiger partial charge in [-0.1, -0.05) is 13.8 Å². The average molecular weight is 197 g/mol. The molecule has 1 N–H and O–H groups in total. The minimum atomic E-state index is 0.0781. The molecule has 0 amide bonds. The van der Waals surface area contributed by atoms with Crippen LogP contribution in [0.2, 0.25) is 0 Å². The first-order chi connectivity index (χ1) is 6.15. The van der Waals surface area contributed by atoms with Crippen molar-refractivity contribution >= 4 is 11.8 Å². The van der Waals surface area contributed by atoms with Gasteiger partial charge < -0.3 is 5.11 Å². The van der Waals surface area contributed by atoms with Crippen LogP contribution in [0.25, 0.3) is 0 Å². The molecule has 1 aromatic rings. The van der Waals surface area contributed by atoms with Crippen molar-refractivity contribution in [3.05, 3.63) is 23.4 Å². The van der Waals surface area contributed by atoms with E-state index in [1.165, 1.54) is 0 Å². The number of aliphatic hydroxyl groups is 1. The van der Waals surface area contributed by atoms with Crippen molar-refractivity contribution in [1.82, 2.24) is 4.98 Å². The van der Waals surface area contributed by atoms with Crippen molar-refractivity contribution in [3.8, 4) is 0 Å². The molecule has 13 heavy (non-hydrogen) atoms. The van der Waals surface area contributed by atoms with E-state index in [2.05, 4.69) is 18.8 Å². The maximum atomic E-state index is 9.16. The molecule has 0 fully saturated rings. The van der Waals surface area contributed by atoms with Crippen molar-refractivity contribution in [2.75, 3.05) is 0 Å². The van der Waals surface area contributed by atoms with E-state index in [-0.39, 0.29) is 6.61 Å². The summed E-state index contributed by atoms with van der Waals surface area (Å²) in [6.45, 7) is 6.32. The largest absolute Gasteiger partial charge is 0.392 e. The van der Waals surface area contributed by atoms with Gasteiger partial charge in [-0.05, 0) is 18.6 Å². The van der Waals surface area contributed by atoms with E-state index in [1.807, 2.05) is 13.0 Å². The molecular formula is C10H15NOS. The smallest absolute Gasteiger partial charge is 0.102 e. The van der Waals surface area contributed by atoms with Crippen LogP contribution in [-0.4, -0.2) is 15.3 Å². The molecule has 3 heteroatoms. The van der Waals surface area contributed by atoms with E-state index in [9.17, 15) is 0 Å². The fourth-order valence-corrected chi connectivity index (χ4v) is 2.02. The van der Waals surface area contributed by atoms with E-state index in [0.717, 1.165) is 16.2 Å². The van der Waals surface area contributed by atoms with Gasteiger partial charge in [0, 0.05) is 17.0 Å². The molecule has 0 radical (unpaired) electrons. The Morgan fingerprint density at radius 3 is 2.77 bits per heavy atom. The fourth-order valence-electron chi connectivity index (χ4n) is 1.08. The predicted octanol–water partition coefficient (Wildman–Crippen LogP) is 2.38. The third kappa shape index (κ3) is 2.71. The van der Waals surface area contributed by atoms with Crippen LogP contribution in [0.1, 0.15) is 25.0 Å². The van der Waals surface area contributed by atoms with Crippen LogP contribution in [0.3, 0.4) is 0 Å². The van der Waals surface area contributed by atoms with Crippen LogP contribution in [0.4, 0.5) is 0 Å². The Morgan fingerprint density at radius 1 is 1.54 bits per heavy atom. The third-order valence-electron chi connectivity index (χ3n) is 1.76. The Bertz CT molecular complexity index is 286. The summed E-state index contributed by atoms with van der Waals surface area (Å²) in [7, 11) is 0. The predicted molar refractivity (Wildman–Crippen MR) is 55.9 cm³/mol. The zero-order valence-corrected chi connectivity index (χ0v) is 9.06. The van der Waals surface area contributed by atoms with E-state index < -0.39 is 0 Å². The molecule has 1 heterocycles. The molecule has 0 saturated carbocycles. The second kappa shape index (κ2) is 4.63. The van der Waals surface area contributed by atoms with E-state index in [1.54, 1.807) is 18.0 Å². The first-order valence-electron chi connectivity index (χ1n) is 4.37. The molecule has 0 aliphatic rings. The van der Waals surface area contributed by atoms with Crippen LogP contribution in [0, 0.1) is 6.92 Å². The summed E-state index contributed by atoms with van der Waals surface area (Å²) in [5.41, 5.74) is 2.07. The van der Waals surface area contributed by atoms with Crippen molar-refractivity contribution in [2.45, 2.75) is 37.7 Å². The van der Waals surface area contributed by atoms with Gasteiger partial charge in [0.1, 0.15) is 5.03 Å². The lowest BCUT2D eigenvalue weighted by molar-refractivity contribution is 0.277. The quantitative estimate of drug-likeness (QED) is 0.755. The van der Waals surface area contributed by atoms with Gasteiger partial charge in [0.2, 0.25) is 0 Å². The zero-order valence-electron chi connectivity index (χ0n) is 8.24. The summed E-state index contributed by atoms with van der Waals surface area (Å²) in [5.74, 6) is 0. The standard InChI is InChI=1S/C10H15NOS/c1-7(2)13-10-9(6-12)8(3)4-5-11-10/h4-5,7,12H,6H2,1-3H3. The molecule has 0 aliphatic carbocycles. The second-order valence-corrected chi connectivity index (χ2v) is 4.80. The number of hydrogen-bond acceptors (Lipinski definition) is 3. The number of aromatic nitrogens is 1. The number of aryl methyl sites for hydroxylation is 1. The van der Waals surface area contributed by atoms with Crippen molar-refractivity contribution < 1.29 is 5.11 Å². The zero-order chi connectivity index (χ0) is 9.84. The molecule has 0 saturated heterocycles. The normalized spacial score (nSPS) is 10.8. The van der Waals surface area contributed by atoms with Crippen LogP contribution in [0.15, 0.2) is 17.3 Å². The Balaban J connectivity index is 2.98. The van der Waals surface area contributed by atoms with Gasteiger partial charge in [0.05, 0.1) is 6.61 Å². The molecule has 1 rings (SSSR count). The summed E-state index contributed by atoms with van der Waals surface area (Å²) < 4.78 is 0. The van der Waals surface area contributed by atoms with E-state index >= 15 is 0 Å². The van der Waals surface area contributed by atoms with Crippen LogP contribution in [0.5, 0.6) is 0 Å². The van der Waals surface area contributed by atoms with Gasteiger partial charge >= 0.3 is 0 Å². The molecule has 0 aromatic carbocycles. The summed E-state index contributed by atoms with van der Waals surface area (Å²) in [6, 6.07) is 1.93. The van der Waals surface area contributed by atoms with Gasteiger partial charge in [0.15, 0.2) is 0 Å². The fraction of sp³-hybridized carbons (Fsp3) is 0.500. The summed E-state index contributed by atoms with van der Waals surface area (Å²) in [5, 5.41) is 10.6. The second-order valence-electron chi connectivity index (χ2n) is 3.24. The van der Waals surface area contributed by atoms with Crippen LogP contribution >= 0.6 is 11.8 Å². The van der Waals surface area contributed by atoms with Gasteiger partial charge in [0.25, 0.3) is 0 Å². The highest BCUT2D eigenvalue weighted by molar-refractivity contribution is 7.99. The molecule has 2 nitrogen and oxygen atoms in total. The maximum absolute atomic E-state index is 9.16. The molecule has 0 bridgehead atoms. The van der Waals surface area contributed by atoms with Gasteiger partial charge in [-0.25, -0.2) is 4.98 Å². The van der Waals surface area contributed by atoms with Crippen molar-refractivity contribution in [3.63, 3.8) is 0 Å². The lowest BCUT2D eigenvalue weighted by Crippen LogP contribution is -1.97. The summed E-state index contributed by atoms with van der Waals surface area (Å²) >= 11 is 1.69. The molecule has 0 spiro atoms. The minimum absolute atomic E-state index is 0.0781. The van der Waals surface area contributed by atoms with Crippen LogP contribution < -0.4 is 0 Å². The topological polar surface area (TPSA) is 33.1 Å². The Morgan fingerprint density at radius 2 is 2.23 bits per heavy atom. The summed E-state index contributed by atoms with van der Waals surface area (Å²) in [4.78, 5) is 4.25. The monoisotopic (exact) mass is 197 g/mol. The van der Waals surface area contributed by atoms with E-state index in [0.29, 0.717) is 5.25 Å². The third-order valence-corrected chi connectivity index (χ3v) is 2.80. The maximum Gasteiger partial charge on any atom is 0.102 e. The van der Waals surface area contributed by atoms with Gasteiger partial charge in [-0.2, -0.15) is 0 Å². The van der Waals surface area contributed by atoms with Crippen LogP contribution in [-0.2, 0) is 6.61 Å². The van der Waals surface area contributed by atoms with E-state index in [4.69, 9.17) is 5.11 Å². The number of aliphatic hydroxyl groups excluding tert-OH is 1. The van der Waals surface area contributed by atoms with Crippen molar-refractivity contribution in [1.29, 1.82) is 0 Å². The SMILES string of the molecule is Cc1ccnc(SC(C)C)c1CO. The highest BCUT2D eigenvalue weighted by Crippen LogP contribution is 2.26. The number of thioether (sulfide) groups is 1. The lowest BCUT2D eigenvalue weighted by Gasteiger charge is -2.10. The minimum Gasteiger partial charge on any atom is -0.392 e. The molecule has 72 valence electrons. The number of rotatable bonds is 3. The molecule has 0 aliphatic heterocycles. The summed E-state index contributed by atoms with van der Waals surface area (Å²) in [6.07, 6.45) is 1.79. The number of hydrogen-bond donors (Lipinski definition) is 1. The molecule has 0 unspecified atom stereocenters. The lowest BCUT2D eigenvalue weighted by atomic mass is 10.2. The molecular weight excluding hydrogens is 182 g/mol. The highest BCUT2D eigenvalue weighted by Gasteiger charge is 2.07. The molecule has 1 aromatic heterocycles. The van der Waals surface area contributed by atoms with Gasteiger partial charge in [-0.15, -0.1) is 11.8 Å². The Hall–Kier alpha value is -0.540.